The van der Waals surface area contributed by atoms with Gasteiger partial charge in [-0.15, -0.1) is 11.3 Å². The van der Waals surface area contributed by atoms with E-state index < -0.39 is 5.60 Å². The summed E-state index contributed by atoms with van der Waals surface area (Å²) in [5, 5.41) is 14.5. The van der Waals surface area contributed by atoms with Crippen LogP contribution in [0.5, 0.6) is 0 Å². The van der Waals surface area contributed by atoms with Crippen LogP contribution in [0.15, 0.2) is 11.4 Å². The summed E-state index contributed by atoms with van der Waals surface area (Å²) in [4.78, 5) is 23.5. The molecule has 1 aliphatic carbocycles. The Hall–Kier alpha value is -1.20. The Morgan fingerprint density at radius 1 is 1.44 bits per heavy atom. The lowest BCUT2D eigenvalue weighted by Crippen LogP contribution is -2.40. The fourth-order valence-electron chi connectivity index (χ4n) is 2.18. The number of carbonyl (C=O) groups excluding carboxylic acids is 2. The molecule has 0 atom stereocenters. The predicted octanol–water partition coefficient (Wildman–Crippen LogP) is 1.99. The number of carbonyl (C=O) groups is 2. The molecule has 1 aromatic heterocycles. The zero-order valence-electron chi connectivity index (χ0n) is 10.4. The number of ketones is 1. The molecule has 1 amide bonds. The third-order valence-electron chi connectivity index (χ3n) is 3.34. The SMILES string of the molecule is CC(=O)c1csc(C(=O)NCC2(O)CCCC2)c1. The number of nitrogens with one attached hydrogen (secondary N) is 1. The highest BCUT2D eigenvalue weighted by Crippen LogP contribution is 2.28. The van der Waals surface area contributed by atoms with Crippen LogP contribution < -0.4 is 5.32 Å². The largest absolute Gasteiger partial charge is 0.388 e. The molecule has 1 heterocycles. The quantitative estimate of drug-likeness (QED) is 0.820. The fraction of sp³-hybridized carbons (Fsp3) is 0.538. The molecule has 0 radical (unpaired) electrons. The van der Waals surface area contributed by atoms with Gasteiger partial charge in [-0.2, -0.15) is 0 Å². The minimum atomic E-state index is -0.740. The maximum atomic E-state index is 11.9. The van der Waals surface area contributed by atoms with Gasteiger partial charge in [0.25, 0.3) is 5.91 Å². The van der Waals surface area contributed by atoms with E-state index >= 15 is 0 Å². The Bertz CT molecular complexity index is 461. The molecule has 0 bridgehead atoms. The topological polar surface area (TPSA) is 66.4 Å². The number of amides is 1. The van der Waals surface area contributed by atoms with Gasteiger partial charge in [0.15, 0.2) is 5.78 Å². The lowest BCUT2D eigenvalue weighted by atomic mass is 10.0. The summed E-state index contributed by atoms with van der Waals surface area (Å²) in [5.41, 5.74) is -0.180. The second-order valence-electron chi connectivity index (χ2n) is 4.87. The summed E-state index contributed by atoms with van der Waals surface area (Å²) in [7, 11) is 0. The van der Waals surface area contributed by atoms with Crippen molar-refractivity contribution in [3.8, 4) is 0 Å². The van der Waals surface area contributed by atoms with Gasteiger partial charge in [0.2, 0.25) is 0 Å². The number of rotatable bonds is 4. The number of thiophene rings is 1. The molecule has 0 spiro atoms. The molecule has 0 aliphatic heterocycles. The molecule has 98 valence electrons. The van der Waals surface area contributed by atoms with Gasteiger partial charge < -0.3 is 10.4 Å². The number of hydrogen-bond acceptors (Lipinski definition) is 4. The predicted molar refractivity (Wildman–Crippen MR) is 70.1 cm³/mol. The summed E-state index contributed by atoms with van der Waals surface area (Å²) in [6.07, 6.45) is 3.52. The van der Waals surface area contributed by atoms with E-state index in [4.69, 9.17) is 0 Å². The summed E-state index contributed by atoms with van der Waals surface area (Å²) in [6.45, 7) is 1.77. The molecule has 0 aromatic carbocycles. The highest BCUT2D eigenvalue weighted by molar-refractivity contribution is 7.12. The molecular weight excluding hydrogens is 250 g/mol. The molecule has 0 saturated heterocycles. The van der Waals surface area contributed by atoms with E-state index in [0.717, 1.165) is 25.7 Å². The number of aliphatic hydroxyl groups is 1. The van der Waals surface area contributed by atoms with Crippen molar-refractivity contribution >= 4 is 23.0 Å². The van der Waals surface area contributed by atoms with Gasteiger partial charge in [-0.1, -0.05) is 12.8 Å². The van der Waals surface area contributed by atoms with Crippen LogP contribution in [0.3, 0.4) is 0 Å². The molecular formula is C13H17NO3S. The van der Waals surface area contributed by atoms with Crippen molar-refractivity contribution < 1.29 is 14.7 Å². The number of Topliss-reactive ketones (excluding diaryl/α,β-unsaturated/α-hetero) is 1. The standard InChI is InChI=1S/C13H17NO3S/c1-9(15)10-6-11(18-7-10)12(16)14-8-13(17)4-2-3-5-13/h6-7,17H,2-5,8H2,1H3,(H,14,16). The van der Waals surface area contributed by atoms with Crippen molar-refractivity contribution in [2.45, 2.75) is 38.2 Å². The molecule has 4 nitrogen and oxygen atoms in total. The Kier molecular flexibility index (Phi) is 3.82. The van der Waals surface area contributed by atoms with Crippen LogP contribution in [-0.2, 0) is 0 Å². The van der Waals surface area contributed by atoms with E-state index in [1.165, 1.54) is 18.3 Å². The molecule has 1 aliphatic rings. The molecule has 1 fully saturated rings. The summed E-state index contributed by atoms with van der Waals surface area (Å²) in [6, 6.07) is 1.60. The molecule has 2 rings (SSSR count). The van der Waals surface area contributed by atoms with Crippen molar-refractivity contribution in [3.05, 3.63) is 21.9 Å². The van der Waals surface area contributed by atoms with Crippen molar-refractivity contribution in [2.24, 2.45) is 0 Å². The third kappa shape index (κ3) is 2.97. The van der Waals surface area contributed by atoms with Gasteiger partial charge in [0.1, 0.15) is 0 Å². The minimum Gasteiger partial charge on any atom is -0.388 e. The molecule has 18 heavy (non-hydrogen) atoms. The van der Waals surface area contributed by atoms with E-state index in [0.29, 0.717) is 17.0 Å². The monoisotopic (exact) mass is 267 g/mol. The van der Waals surface area contributed by atoms with E-state index in [1.807, 2.05) is 0 Å². The van der Waals surface area contributed by atoms with Crippen molar-refractivity contribution in [1.82, 2.24) is 5.32 Å². The van der Waals surface area contributed by atoms with Gasteiger partial charge in [-0.05, 0) is 25.8 Å². The lowest BCUT2D eigenvalue weighted by Gasteiger charge is -2.21. The van der Waals surface area contributed by atoms with E-state index in [-0.39, 0.29) is 11.7 Å². The summed E-state index contributed by atoms with van der Waals surface area (Å²) < 4.78 is 0. The summed E-state index contributed by atoms with van der Waals surface area (Å²) in [5.74, 6) is -0.257. The Labute approximate surface area is 110 Å². The van der Waals surface area contributed by atoms with E-state index in [1.54, 1.807) is 11.4 Å². The van der Waals surface area contributed by atoms with Crippen molar-refractivity contribution in [3.63, 3.8) is 0 Å². The second kappa shape index (κ2) is 5.20. The van der Waals surface area contributed by atoms with Crippen molar-refractivity contribution in [1.29, 1.82) is 0 Å². The van der Waals surface area contributed by atoms with Gasteiger partial charge in [0.05, 0.1) is 10.5 Å². The Morgan fingerprint density at radius 2 is 2.11 bits per heavy atom. The molecule has 1 saturated carbocycles. The second-order valence-corrected chi connectivity index (χ2v) is 5.78. The van der Waals surface area contributed by atoms with Crippen LogP contribution in [0.25, 0.3) is 0 Å². The molecule has 5 heteroatoms. The highest BCUT2D eigenvalue weighted by atomic mass is 32.1. The zero-order chi connectivity index (χ0) is 13.2. The van der Waals surface area contributed by atoms with Gasteiger partial charge in [-0.3, -0.25) is 9.59 Å². The molecule has 1 aromatic rings. The Balaban J connectivity index is 1.93. The first-order valence-corrected chi connectivity index (χ1v) is 6.98. The average molecular weight is 267 g/mol. The van der Waals surface area contributed by atoms with Crippen molar-refractivity contribution in [2.75, 3.05) is 6.54 Å². The van der Waals surface area contributed by atoms with Crippen LogP contribution >= 0.6 is 11.3 Å². The van der Waals surface area contributed by atoms with Gasteiger partial charge in [0, 0.05) is 17.5 Å². The molecule has 0 unspecified atom stereocenters. The molecule has 2 N–H and O–H groups in total. The zero-order valence-corrected chi connectivity index (χ0v) is 11.2. The van der Waals surface area contributed by atoms with Crippen LogP contribution in [-0.4, -0.2) is 28.9 Å². The summed E-state index contributed by atoms with van der Waals surface area (Å²) >= 11 is 1.25. The van der Waals surface area contributed by atoms with Crippen LogP contribution in [0, 0.1) is 0 Å². The van der Waals surface area contributed by atoms with E-state index in [9.17, 15) is 14.7 Å². The van der Waals surface area contributed by atoms with Gasteiger partial charge in [-0.25, -0.2) is 0 Å². The first-order valence-electron chi connectivity index (χ1n) is 6.10. The third-order valence-corrected chi connectivity index (χ3v) is 4.27. The van der Waals surface area contributed by atoms with Crippen LogP contribution in [0.1, 0.15) is 52.6 Å². The van der Waals surface area contributed by atoms with Crippen LogP contribution in [0.4, 0.5) is 0 Å². The van der Waals surface area contributed by atoms with E-state index in [2.05, 4.69) is 5.32 Å². The Morgan fingerprint density at radius 3 is 2.67 bits per heavy atom. The fourth-order valence-corrected chi connectivity index (χ4v) is 3.04. The lowest BCUT2D eigenvalue weighted by molar-refractivity contribution is 0.0450. The van der Waals surface area contributed by atoms with Gasteiger partial charge >= 0.3 is 0 Å². The minimum absolute atomic E-state index is 0.0419. The maximum Gasteiger partial charge on any atom is 0.261 e. The first-order chi connectivity index (χ1) is 8.50. The number of hydrogen-bond donors (Lipinski definition) is 2. The normalized spacial score (nSPS) is 17.7. The average Bonchev–Trinajstić information content (AvgIpc) is 2.95. The van der Waals surface area contributed by atoms with Crippen LogP contribution in [0.2, 0.25) is 0 Å². The maximum absolute atomic E-state index is 11.9. The highest BCUT2D eigenvalue weighted by Gasteiger charge is 2.31. The smallest absolute Gasteiger partial charge is 0.261 e. The first kappa shape index (κ1) is 13.2.